The topological polar surface area (TPSA) is 69.4 Å². The summed E-state index contributed by atoms with van der Waals surface area (Å²) in [5.41, 5.74) is 2.17. The summed E-state index contributed by atoms with van der Waals surface area (Å²) in [6, 6.07) is 20.3. The smallest absolute Gasteiger partial charge is 0.339 e. The molecular weight excluding hydrogens is 378 g/mol. The summed E-state index contributed by atoms with van der Waals surface area (Å²) in [5, 5.41) is 0.530. The molecule has 0 fully saturated rings. The molecule has 0 aliphatic rings. The van der Waals surface area contributed by atoms with E-state index in [-0.39, 0.29) is 29.4 Å². The number of esters is 1. The highest BCUT2D eigenvalue weighted by atomic mass is 35.5. The first-order chi connectivity index (χ1) is 13.6. The summed E-state index contributed by atoms with van der Waals surface area (Å²) >= 11 is 5.87. The number of halogens is 1. The number of hydrogen-bond donors (Lipinski definition) is 0. The second-order valence-corrected chi connectivity index (χ2v) is 6.47. The Hall–Kier alpha value is -3.44. The molecule has 4 aromatic rings. The number of carbonyl (C=O) groups is 2. The van der Waals surface area contributed by atoms with E-state index in [1.54, 1.807) is 54.6 Å². The molecule has 0 saturated heterocycles. The first-order valence-corrected chi connectivity index (χ1v) is 8.90. The summed E-state index contributed by atoms with van der Waals surface area (Å²) in [7, 11) is 0. The van der Waals surface area contributed by atoms with Crippen molar-refractivity contribution >= 4 is 34.5 Å². The molecule has 0 amide bonds. The number of rotatable bonds is 5. The summed E-state index contributed by atoms with van der Waals surface area (Å²) in [6.07, 6.45) is 0. The van der Waals surface area contributed by atoms with Crippen LogP contribution in [0.3, 0.4) is 0 Å². The highest BCUT2D eigenvalue weighted by molar-refractivity contribution is 6.30. The van der Waals surface area contributed by atoms with Gasteiger partial charge in [0.15, 0.2) is 18.0 Å². The van der Waals surface area contributed by atoms with Gasteiger partial charge in [-0.05, 0) is 42.5 Å². The second-order valence-electron chi connectivity index (χ2n) is 6.03. The first kappa shape index (κ1) is 17.9. The zero-order valence-electron chi connectivity index (χ0n) is 14.6. The maximum absolute atomic E-state index is 12.8. The first-order valence-electron chi connectivity index (χ1n) is 8.53. The van der Waals surface area contributed by atoms with E-state index in [0.717, 1.165) is 0 Å². The molecule has 0 saturated carbocycles. The summed E-state index contributed by atoms with van der Waals surface area (Å²) < 4.78 is 10.9. The van der Waals surface area contributed by atoms with Gasteiger partial charge in [-0.2, -0.15) is 0 Å². The van der Waals surface area contributed by atoms with Crippen LogP contribution in [0.2, 0.25) is 5.02 Å². The van der Waals surface area contributed by atoms with Gasteiger partial charge in [-0.15, -0.1) is 0 Å². The van der Waals surface area contributed by atoms with Gasteiger partial charge in [0.2, 0.25) is 5.89 Å². The number of oxazole rings is 1. The van der Waals surface area contributed by atoms with Crippen LogP contribution in [-0.4, -0.2) is 16.7 Å². The van der Waals surface area contributed by atoms with Crippen molar-refractivity contribution in [3.05, 3.63) is 100 Å². The number of ketones is 1. The molecule has 3 aromatic carbocycles. The SMILES string of the molecule is O=C(OCc1nc2ccccc2o1)c1ccccc1C(=O)c1ccc(Cl)cc1. The molecule has 28 heavy (non-hydrogen) atoms. The summed E-state index contributed by atoms with van der Waals surface area (Å²) in [4.78, 5) is 29.6. The number of aromatic nitrogens is 1. The lowest BCUT2D eigenvalue weighted by atomic mass is 9.98. The standard InChI is InChI=1S/C22H14ClNO4/c23-15-11-9-14(10-12-15)21(25)16-5-1-2-6-17(16)22(26)27-13-20-24-18-7-3-4-8-19(18)28-20/h1-12H,13H2. The van der Waals surface area contributed by atoms with Crippen molar-refractivity contribution in [2.45, 2.75) is 6.61 Å². The average molecular weight is 392 g/mol. The largest absolute Gasteiger partial charge is 0.452 e. The fourth-order valence-corrected chi connectivity index (χ4v) is 2.93. The molecule has 4 rings (SSSR count). The van der Waals surface area contributed by atoms with E-state index in [4.69, 9.17) is 20.8 Å². The van der Waals surface area contributed by atoms with Crippen molar-refractivity contribution in [3.8, 4) is 0 Å². The van der Waals surface area contributed by atoms with Crippen molar-refractivity contribution in [3.63, 3.8) is 0 Å². The molecule has 0 aliphatic heterocycles. The normalized spacial score (nSPS) is 10.8. The van der Waals surface area contributed by atoms with Crippen LogP contribution in [-0.2, 0) is 11.3 Å². The van der Waals surface area contributed by atoms with E-state index in [1.165, 1.54) is 0 Å². The van der Waals surface area contributed by atoms with Gasteiger partial charge in [-0.3, -0.25) is 4.79 Å². The Morgan fingerprint density at radius 3 is 2.32 bits per heavy atom. The van der Waals surface area contributed by atoms with Gasteiger partial charge in [-0.1, -0.05) is 41.9 Å². The van der Waals surface area contributed by atoms with E-state index < -0.39 is 5.97 Å². The van der Waals surface area contributed by atoms with E-state index in [2.05, 4.69) is 4.98 Å². The van der Waals surface area contributed by atoms with Gasteiger partial charge < -0.3 is 9.15 Å². The minimum atomic E-state index is -0.625. The number of nitrogens with zero attached hydrogens (tertiary/aromatic N) is 1. The van der Waals surface area contributed by atoms with Gasteiger partial charge in [-0.25, -0.2) is 9.78 Å². The number of hydrogen-bond acceptors (Lipinski definition) is 5. The van der Waals surface area contributed by atoms with Crippen molar-refractivity contribution in [2.24, 2.45) is 0 Å². The van der Waals surface area contributed by atoms with Gasteiger partial charge in [0.1, 0.15) is 5.52 Å². The highest BCUT2D eigenvalue weighted by Gasteiger charge is 2.20. The number of para-hydroxylation sites is 2. The molecule has 0 radical (unpaired) electrons. The second kappa shape index (κ2) is 7.66. The molecule has 5 nitrogen and oxygen atoms in total. The van der Waals surface area contributed by atoms with Crippen LogP contribution in [0.5, 0.6) is 0 Å². The molecule has 1 heterocycles. The third-order valence-corrected chi connectivity index (χ3v) is 4.41. The third-order valence-electron chi connectivity index (χ3n) is 4.16. The van der Waals surface area contributed by atoms with Crippen molar-refractivity contribution < 1.29 is 18.7 Å². The summed E-state index contributed by atoms with van der Waals surface area (Å²) in [5.74, 6) is -0.623. The Morgan fingerprint density at radius 1 is 0.893 bits per heavy atom. The zero-order valence-corrected chi connectivity index (χ0v) is 15.3. The predicted octanol–water partition coefficient (Wildman–Crippen LogP) is 5.07. The Bertz CT molecular complexity index is 1130. The van der Waals surface area contributed by atoms with E-state index in [0.29, 0.717) is 21.7 Å². The van der Waals surface area contributed by atoms with E-state index >= 15 is 0 Å². The van der Waals surface area contributed by atoms with Gasteiger partial charge in [0.25, 0.3) is 0 Å². The minimum Gasteiger partial charge on any atom is -0.452 e. The molecule has 138 valence electrons. The Kier molecular flexibility index (Phi) is 4.91. The zero-order chi connectivity index (χ0) is 19.5. The van der Waals surface area contributed by atoms with Crippen LogP contribution in [0.4, 0.5) is 0 Å². The Morgan fingerprint density at radius 2 is 1.57 bits per heavy atom. The van der Waals surface area contributed by atoms with E-state index in [1.807, 2.05) is 18.2 Å². The van der Waals surface area contributed by atoms with Crippen LogP contribution in [0.25, 0.3) is 11.1 Å². The molecule has 0 aliphatic carbocycles. The molecule has 0 bridgehead atoms. The van der Waals surface area contributed by atoms with Crippen LogP contribution >= 0.6 is 11.6 Å². The maximum Gasteiger partial charge on any atom is 0.339 e. The molecule has 0 unspecified atom stereocenters. The fourth-order valence-electron chi connectivity index (χ4n) is 2.80. The molecular formula is C22H14ClNO4. The summed E-state index contributed by atoms with van der Waals surface area (Å²) in [6.45, 7) is -0.128. The Balaban J connectivity index is 1.54. The van der Waals surface area contributed by atoms with E-state index in [9.17, 15) is 9.59 Å². The highest BCUT2D eigenvalue weighted by Crippen LogP contribution is 2.19. The maximum atomic E-state index is 12.8. The Labute approximate surface area is 165 Å². The predicted molar refractivity (Wildman–Crippen MR) is 104 cm³/mol. The lowest BCUT2D eigenvalue weighted by molar-refractivity contribution is 0.0438. The average Bonchev–Trinajstić information content (AvgIpc) is 3.15. The third kappa shape index (κ3) is 3.66. The quantitative estimate of drug-likeness (QED) is 0.351. The number of benzene rings is 3. The number of fused-ring (bicyclic) bond motifs is 1. The molecule has 1 aromatic heterocycles. The minimum absolute atomic E-state index is 0.128. The van der Waals surface area contributed by atoms with Crippen LogP contribution < -0.4 is 0 Å². The molecule has 0 spiro atoms. The lowest BCUT2D eigenvalue weighted by Gasteiger charge is -2.08. The molecule has 0 atom stereocenters. The van der Waals surface area contributed by atoms with Crippen LogP contribution in [0.1, 0.15) is 32.2 Å². The molecule has 0 N–H and O–H groups in total. The van der Waals surface area contributed by atoms with Crippen molar-refractivity contribution in [1.82, 2.24) is 4.98 Å². The number of ether oxygens (including phenoxy) is 1. The van der Waals surface area contributed by atoms with Crippen molar-refractivity contribution in [2.75, 3.05) is 0 Å². The van der Waals surface area contributed by atoms with Crippen molar-refractivity contribution in [1.29, 1.82) is 0 Å². The van der Waals surface area contributed by atoms with Gasteiger partial charge in [0, 0.05) is 16.1 Å². The number of carbonyl (C=O) groups excluding carboxylic acids is 2. The fraction of sp³-hybridized carbons (Fsp3) is 0.0455. The van der Waals surface area contributed by atoms with Crippen LogP contribution in [0, 0.1) is 0 Å². The lowest BCUT2D eigenvalue weighted by Crippen LogP contribution is -2.12. The molecule has 6 heteroatoms. The monoisotopic (exact) mass is 391 g/mol. The van der Waals surface area contributed by atoms with Gasteiger partial charge >= 0.3 is 5.97 Å². The van der Waals surface area contributed by atoms with Gasteiger partial charge in [0.05, 0.1) is 5.56 Å². The van der Waals surface area contributed by atoms with Crippen LogP contribution in [0.15, 0.2) is 77.2 Å².